The van der Waals surface area contributed by atoms with Crippen molar-refractivity contribution in [1.29, 1.82) is 0 Å². The zero-order chi connectivity index (χ0) is 13.8. The molecule has 5 heteroatoms. The van der Waals surface area contributed by atoms with Crippen molar-refractivity contribution in [1.82, 2.24) is 9.88 Å². The Morgan fingerprint density at radius 2 is 2.26 bits per heavy atom. The van der Waals surface area contributed by atoms with E-state index in [2.05, 4.69) is 17.2 Å². The molecule has 0 saturated carbocycles. The molecular weight excluding hydrogens is 262 g/mol. The molecule has 104 valence electrons. The topological polar surface area (TPSA) is 45.2 Å². The van der Waals surface area contributed by atoms with Gasteiger partial charge in [-0.2, -0.15) is 0 Å². The second kappa shape index (κ2) is 6.24. The second-order valence-electron chi connectivity index (χ2n) is 5.00. The number of amides is 1. The molecule has 4 nitrogen and oxygen atoms in total. The van der Waals surface area contributed by atoms with E-state index < -0.39 is 0 Å². The lowest BCUT2D eigenvalue weighted by Gasteiger charge is -2.27. The Hall–Kier alpha value is -1.29. The number of carbonyl (C=O) groups excluding carboxylic acids is 1. The molecular formula is C14H20ClN3O. The van der Waals surface area contributed by atoms with Gasteiger partial charge in [-0.05, 0) is 25.8 Å². The van der Waals surface area contributed by atoms with Crippen LogP contribution < -0.4 is 5.32 Å². The third-order valence-corrected chi connectivity index (χ3v) is 3.96. The lowest BCUT2D eigenvalue weighted by atomic mass is 10.1. The summed E-state index contributed by atoms with van der Waals surface area (Å²) in [5.74, 6) is 0.675. The number of nitrogens with one attached hydrogen (secondary N) is 1. The van der Waals surface area contributed by atoms with E-state index in [0.29, 0.717) is 16.4 Å². The molecule has 0 radical (unpaired) electrons. The maximum absolute atomic E-state index is 12.6. The zero-order valence-electron chi connectivity index (χ0n) is 11.4. The van der Waals surface area contributed by atoms with Crippen LogP contribution in [0.15, 0.2) is 12.3 Å². The van der Waals surface area contributed by atoms with Gasteiger partial charge in [-0.15, -0.1) is 0 Å². The monoisotopic (exact) mass is 281 g/mol. The van der Waals surface area contributed by atoms with Crippen LogP contribution in [0.1, 0.15) is 43.0 Å². The molecule has 1 aliphatic heterocycles. The van der Waals surface area contributed by atoms with E-state index in [1.807, 2.05) is 4.90 Å². The van der Waals surface area contributed by atoms with Crippen molar-refractivity contribution in [3.8, 4) is 0 Å². The Kier molecular flexibility index (Phi) is 4.64. The molecule has 0 bridgehead atoms. The summed E-state index contributed by atoms with van der Waals surface area (Å²) in [5, 5.41) is 3.35. The number of carbonyl (C=O) groups is 1. The summed E-state index contributed by atoms with van der Waals surface area (Å²) in [7, 11) is 1.78. The van der Waals surface area contributed by atoms with Gasteiger partial charge >= 0.3 is 0 Å². The summed E-state index contributed by atoms with van der Waals surface area (Å²) in [4.78, 5) is 18.7. The van der Waals surface area contributed by atoms with E-state index in [-0.39, 0.29) is 11.9 Å². The van der Waals surface area contributed by atoms with E-state index in [4.69, 9.17) is 11.6 Å². The first-order chi connectivity index (χ1) is 9.13. The van der Waals surface area contributed by atoms with Gasteiger partial charge in [-0.1, -0.05) is 24.4 Å². The highest BCUT2D eigenvalue weighted by Gasteiger charge is 2.25. The van der Waals surface area contributed by atoms with Crippen molar-refractivity contribution >= 4 is 23.3 Å². The predicted molar refractivity (Wildman–Crippen MR) is 77.8 cm³/mol. The van der Waals surface area contributed by atoms with Gasteiger partial charge in [0, 0.05) is 25.8 Å². The zero-order valence-corrected chi connectivity index (χ0v) is 12.2. The number of hydrogen-bond acceptors (Lipinski definition) is 3. The number of anilines is 1. The molecule has 1 aromatic heterocycles. The molecule has 1 saturated heterocycles. The number of likely N-dealkylation sites (tertiary alicyclic amines) is 1. The first-order valence-corrected chi connectivity index (χ1v) is 7.15. The van der Waals surface area contributed by atoms with Gasteiger partial charge in [0.25, 0.3) is 5.91 Å². The summed E-state index contributed by atoms with van der Waals surface area (Å²) in [6, 6.07) is 2.00. The largest absolute Gasteiger partial charge is 0.373 e. The average molecular weight is 282 g/mol. The van der Waals surface area contributed by atoms with Crippen LogP contribution in [-0.4, -0.2) is 35.4 Å². The van der Waals surface area contributed by atoms with Crippen LogP contribution in [0, 0.1) is 0 Å². The normalized spacial score (nSPS) is 19.9. The van der Waals surface area contributed by atoms with Crippen molar-refractivity contribution in [2.45, 2.75) is 38.6 Å². The molecule has 0 spiro atoms. The fourth-order valence-corrected chi connectivity index (χ4v) is 2.65. The summed E-state index contributed by atoms with van der Waals surface area (Å²) in [6.07, 6.45) is 6.05. The molecule has 2 heterocycles. The van der Waals surface area contributed by atoms with Crippen LogP contribution in [0.5, 0.6) is 0 Å². The number of hydrogen-bond donors (Lipinski definition) is 1. The molecule has 19 heavy (non-hydrogen) atoms. The van der Waals surface area contributed by atoms with Crippen LogP contribution in [0.4, 0.5) is 5.82 Å². The summed E-state index contributed by atoms with van der Waals surface area (Å²) in [5.41, 5.74) is 0.537. The van der Waals surface area contributed by atoms with Gasteiger partial charge in [0.1, 0.15) is 5.82 Å². The third kappa shape index (κ3) is 3.18. The molecule has 2 rings (SSSR count). The Bertz CT molecular complexity index is 464. The Morgan fingerprint density at radius 3 is 3.00 bits per heavy atom. The van der Waals surface area contributed by atoms with Gasteiger partial charge in [-0.25, -0.2) is 4.98 Å². The molecule has 1 fully saturated rings. The first-order valence-electron chi connectivity index (χ1n) is 6.77. The van der Waals surface area contributed by atoms with Gasteiger partial charge in [-0.3, -0.25) is 4.79 Å². The minimum Gasteiger partial charge on any atom is -0.373 e. The molecule has 0 aromatic carbocycles. The molecule has 1 N–H and O–H groups in total. The van der Waals surface area contributed by atoms with Gasteiger partial charge in [0.05, 0.1) is 10.6 Å². The molecule has 1 amide bonds. The summed E-state index contributed by atoms with van der Waals surface area (Å²) in [6.45, 7) is 2.92. The van der Waals surface area contributed by atoms with Crippen LogP contribution >= 0.6 is 11.6 Å². The standard InChI is InChI=1S/C14H20ClN3O/c1-10-6-4-3-5-7-18(10)14(19)11-8-13(16-2)17-9-12(11)15/h8-10H,3-7H2,1-2H3,(H,16,17). The molecule has 0 aliphatic carbocycles. The van der Waals surface area contributed by atoms with Gasteiger partial charge < -0.3 is 10.2 Å². The van der Waals surface area contributed by atoms with Crippen LogP contribution in [0.3, 0.4) is 0 Å². The van der Waals surface area contributed by atoms with E-state index in [0.717, 1.165) is 19.4 Å². The highest BCUT2D eigenvalue weighted by Crippen LogP contribution is 2.24. The third-order valence-electron chi connectivity index (χ3n) is 3.66. The highest BCUT2D eigenvalue weighted by molar-refractivity contribution is 6.33. The van der Waals surface area contributed by atoms with E-state index in [9.17, 15) is 4.79 Å². The molecule has 1 unspecified atom stereocenters. The number of rotatable bonds is 2. The van der Waals surface area contributed by atoms with Gasteiger partial charge in [0.15, 0.2) is 0 Å². The predicted octanol–water partition coefficient (Wildman–Crippen LogP) is 3.18. The molecule has 1 aromatic rings. The van der Waals surface area contributed by atoms with Gasteiger partial charge in [0.2, 0.25) is 0 Å². The molecule has 1 aliphatic rings. The average Bonchev–Trinajstić information content (AvgIpc) is 2.63. The maximum atomic E-state index is 12.6. The first kappa shape index (κ1) is 14.1. The Balaban J connectivity index is 2.26. The smallest absolute Gasteiger partial charge is 0.255 e. The van der Waals surface area contributed by atoms with Crippen molar-refractivity contribution < 1.29 is 4.79 Å². The molecule has 1 atom stereocenters. The number of aromatic nitrogens is 1. The minimum atomic E-state index is 0.0123. The fourth-order valence-electron chi connectivity index (χ4n) is 2.47. The van der Waals surface area contributed by atoms with Crippen molar-refractivity contribution in [3.63, 3.8) is 0 Å². The second-order valence-corrected chi connectivity index (χ2v) is 5.40. The lowest BCUT2D eigenvalue weighted by Crippen LogP contribution is -2.38. The fraction of sp³-hybridized carbons (Fsp3) is 0.571. The summed E-state index contributed by atoms with van der Waals surface area (Å²) < 4.78 is 0. The van der Waals surface area contributed by atoms with E-state index in [1.165, 1.54) is 19.0 Å². The van der Waals surface area contributed by atoms with Crippen LogP contribution in [0.25, 0.3) is 0 Å². The quantitative estimate of drug-likeness (QED) is 0.905. The van der Waals surface area contributed by atoms with Crippen molar-refractivity contribution in [2.75, 3.05) is 18.9 Å². The maximum Gasteiger partial charge on any atom is 0.255 e. The highest BCUT2D eigenvalue weighted by atomic mass is 35.5. The Morgan fingerprint density at radius 1 is 1.47 bits per heavy atom. The number of halogens is 1. The lowest BCUT2D eigenvalue weighted by molar-refractivity contribution is 0.0698. The van der Waals surface area contributed by atoms with E-state index in [1.54, 1.807) is 13.1 Å². The Labute approximate surface area is 119 Å². The van der Waals surface area contributed by atoms with Crippen LogP contribution in [0.2, 0.25) is 5.02 Å². The van der Waals surface area contributed by atoms with Crippen molar-refractivity contribution in [3.05, 3.63) is 22.8 Å². The van der Waals surface area contributed by atoms with Crippen LogP contribution in [-0.2, 0) is 0 Å². The minimum absolute atomic E-state index is 0.0123. The summed E-state index contributed by atoms with van der Waals surface area (Å²) >= 11 is 6.12. The number of nitrogens with zero attached hydrogens (tertiary/aromatic N) is 2. The van der Waals surface area contributed by atoms with E-state index >= 15 is 0 Å². The van der Waals surface area contributed by atoms with Crippen molar-refractivity contribution in [2.24, 2.45) is 0 Å². The number of pyridine rings is 1. The SMILES string of the molecule is CNc1cc(C(=O)N2CCCCCC2C)c(Cl)cn1.